The summed E-state index contributed by atoms with van der Waals surface area (Å²) in [6.07, 6.45) is 4.16. The van der Waals surface area contributed by atoms with E-state index in [1.54, 1.807) is 19.1 Å². The highest BCUT2D eigenvalue weighted by molar-refractivity contribution is 6.08. The standard InChI is InChI=1S/C21H16F2N2O3/c1-12-9-15(21(27)28)18(25-12)11-14-10-13(5-2-3-8-24-20(14)26)19-16(22)6-4-7-17(19)23/h2-11,24,26H,1H3,(H,27,28)/b5-2?,8-3?,13-10?,18-11-,20-14?. The third-order valence-corrected chi connectivity index (χ3v) is 3.99. The highest BCUT2D eigenvalue weighted by Crippen LogP contribution is 2.29. The summed E-state index contributed by atoms with van der Waals surface area (Å²) in [5.41, 5.74) is 0.555. The Labute approximate surface area is 159 Å². The fraction of sp³-hybridized carbons (Fsp3) is 0.0476. The van der Waals surface area contributed by atoms with E-state index in [9.17, 15) is 23.8 Å². The van der Waals surface area contributed by atoms with Gasteiger partial charge in [-0.1, -0.05) is 18.2 Å². The molecule has 3 N–H and O–H groups in total. The number of aromatic amines is 1. The number of H-pyrrole nitrogens is 1. The molecule has 1 aromatic carbocycles. The lowest BCUT2D eigenvalue weighted by molar-refractivity contribution is -0.132. The van der Waals surface area contributed by atoms with Gasteiger partial charge < -0.3 is 15.2 Å². The van der Waals surface area contributed by atoms with Gasteiger partial charge in [0.15, 0.2) is 5.88 Å². The molecule has 0 unspecified atom stereocenters. The lowest BCUT2D eigenvalue weighted by Gasteiger charge is -2.05. The van der Waals surface area contributed by atoms with Crippen molar-refractivity contribution in [3.8, 4) is 17.0 Å². The van der Waals surface area contributed by atoms with Gasteiger partial charge in [0.1, 0.15) is 11.6 Å². The minimum atomic E-state index is -1.17. The summed E-state index contributed by atoms with van der Waals surface area (Å²) < 4.78 is 28.5. The number of aromatic hydroxyl groups is 1. The van der Waals surface area contributed by atoms with Gasteiger partial charge in [0.2, 0.25) is 0 Å². The van der Waals surface area contributed by atoms with Crippen LogP contribution in [0, 0.1) is 11.6 Å². The molecular formula is C21H16F2N2O3. The number of halogens is 2. The predicted molar refractivity (Wildman–Crippen MR) is 102 cm³/mol. The van der Waals surface area contributed by atoms with Crippen LogP contribution in [-0.4, -0.2) is 26.9 Å². The van der Waals surface area contributed by atoms with Crippen LogP contribution in [0.5, 0.6) is 5.88 Å². The first kappa shape index (κ1) is 19.0. The number of allylic oxidation sites excluding steroid dienone is 1. The van der Waals surface area contributed by atoms with Crippen molar-refractivity contribution >= 4 is 17.8 Å². The number of aromatic nitrogens is 1. The molecule has 1 aliphatic heterocycles. The number of carboxylic acids is 1. The molecule has 5 nitrogen and oxygen atoms in total. The molecule has 28 heavy (non-hydrogen) atoms. The summed E-state index contributed by atoms with van der Waals surface area (Å²) in [4.78, 5) is 18.2. The van der Waals surface area contributed by atoms with E-state index in [0.717, 1.165) is 12.1 Å². The van der Waals surface area contributed by atoms with Crippen LogP contribution in [0.3, 0.4) is 0 Å². The van der Waals surface area contributed by atoms with Gasteiger partial charge in [-0.25, -0.2) is 13.6 Å². The summed E-state index contributed by atoms with van der Waals surface area (Å²) in [5, 5.41) is 19.7. The first-order chi connectivity index (χ1) is 13.4. The van der Waals surface area contributed by atoms with Gasteiger partial charge in [0.05, 0.1) is 16.8 Å². The molecule has 0 atom stereocenters. The molecule has 142 valence electrons. The summed E-state index contributed by atoms with van der Waals surface area (Å²) in [6.45, 7) is 1.64. The van der Waals surface area contributed by atoms with Crippen molar-refractivity contribution in [1.82, 2.24) is 4.98 Å². The Hall–Kier alpha value is -3.74. The van der Waals surface area contributed by atoms with Gasteiger partial charge in [-0.2, -0.15) is 0 Å². The zero-order valence-corrected chi connectivity index (χ0v) is 14.8. The van der Waals surface area contributed by atoms with Crippen molar-refractivity contribution in [3.63, 3.8) is 0 Å². The molecule has 2 heterocycles. The molecule has 2 aromatic rings. The van der Waals surface area contributed by atoms with Crippen LogP contribution in [-0.2, 0) is 4.79 Å². The lowest BCUT2D eigenvalue weighted by Crippen LogP contribution is -2.00. The Morgan fingerprint density at radius 2 is 1.86 bits per heavy atom. The smallest absolute Gasteiger partial charge is 0.337 e. The number of aliphatic carboxylic acids is 1. The zero-order chi connectivity index (χ0) is 20.3. The van der Waals surface area contributed by atoms with Gasteiger partial charge in [0.25, 0.3) is 0 Å². The van der Waals surface area contributed by atoms with Crippen LogP contribution >= 0.6 is 0 Å². The molecular weight excluding hydrogens is 366 g/mol. The minimum absolute atomic E-state index is 0.0456. The van der Waals surface area contributed by atoms with Crippen molar-refractivity contribution in [3.05, 3.63) is 83.2 Å². The van der Waals surface area contributed by atoms with Crippen LogP contribution in [0.4, 0.5) is 8.78 Å². The van der Waals surface area contributed by atoms with Crippen LogP contribution in [0.15, 0.2) is 71.0 Å². The number of carbonyl (C=O) groups is 1. The van der Waals surface area contributed by atoms with E-state index >= 15 is 0 Å². The van der Waals surface area contributed by atoms with Gasteiger partial charge in [-0.3, -0.25) is 4.99 Å². The second-order valence-corrected chi connectivity index (χ2v) is 6.01. The Kier molecular flexibility index (Phi) is 5.35. The topological polar surface area (TPSA) is 85.7 Å². The van der Waals surface area contributed by atoms with Gasteiger partial charge in [-0.05, 0) is 48.9 Å². The highest BCUT2D eigenvalue weighted by atomic mass is 19.1. The predicted octanol–water partition coefficient (Wildman–Crippen LogP) is 4.62. The van der Waals surface area contributed by atoms with Crippen molar-refractivity contribution in [1.29, 1.82) is 0 Å². The number of nitrogens with zero attached hydrogens (tertiary/aromatic N) is 1. The quantitative estimate of drug-likeness (QED) is 0.724. The Morgan fingerprint density at radius 3 is 2.54 bits per heavy atom. The van der Waals surface area contributed by atoms with E-state index in [1.807, 2.05) is 0 Å². The molecule has 3 rings (SSSR count). The SMILES string of the molecule is CC1=N/C(=C\c2cc(-c3c(F)cccc3F)cccc[nH]c2O)C(C(=O)O)=C1. The molecule has 0 amide bonds. The number of hydrogen-bond acceptors (Lipinski definition) is 3. The lowest BCUT2D eigenvalue weighted by atomic mass is 10.0. The molecule has 0 aliphatic carbocycles. The Balaban J connectivity index is 2.28. The van der Waals surface area contributed by atoms with Crippen LogP contribution in [0.2, 0.25) is 0 Å². The zero-order valence-electron chi connectivity index (χ0n) is 14.8. The number of aliphatic imine (C=N–C) groups is 1. The second-order valence-electron chi connectivity index (χ2n) is 6.01. The number of carboxylic acid groups (broad SMARTS) is 1. The number of benzene rings is 1. The third kappa shape index (κ3) is 3.98. The van der Waals surface area contributed by atoms with Crippen molar-refractivity contribution in [2.75, 3.05) is 0 Å². The van der Waals surface area contributed by atoms with Gasteiger partial charge >= 0.3 is 5.97 Å². The average Bonchev–Trinajstić information content (AvgIpc) is 3.03. The van der Waals surface area contributed by atoms with E-state index in [0.29, 0.717) is 5.71 Å². The first-order valence-electron chi connectivity index (χ1n) is 8.28. The Morgan fingerprint density at radius 1 is 1.14 bits per heavy atom. The average molecular weight is 382 g/mol. The molecule has 0 bridgehead atoms. The maximum atomic E-state index is 14.3. The summed E-state index contributed by atoms with van der Waals surface area (Å²) in [7, 11) is 0. The fourth-order valence-corrected chi connectivity index (χ4v) is 2.74. The molecule has 0 radical (unpaired) electrons. The van der Waals surface area contributed by atoms with Crippen LogP contribution in [0.1, 0.15) is 12.5 Å². The minimum Gasteiger partial charge on any atom is -0.494 e. The van der Waals surface area contributed by atoms with E-state index in [4.69, 9.17) is 0 Å². The van der Waals surface area contributed by atoms with E-state index in [-0.39, 0.29) is 33.8 Å². The third-order valence-electron chi connectivity index (χ3n) is 3.99. The summed E-state index contributed by atoms with van der Waals surface area (Å²) >= 11 is 0. The van der Waals surface area contributed by atoms with Crippen LogP contribution in [0.25, 0.3) is 17.2 Å². The van der Waals surface area contributed by atoms with Gasteiger partial charge in [-0.15, -0.1) is 0 Å². The van der Waals surface area contributed by atoms with Crippen molar-refractivity contribution in [2.24, 2.45) is 4.99 Å². The van der Waals surface area contributed by atoms with E-state index in [1.165, 1.54) is 36.5 Å². The molecule has 7 heteroatoms. The monoisotopic (exact) mass is 382 g/mol. The summed E-state index contributed by atoms with van der Waals surface area (Å²) in [6, 6.07) is 9.44. The van der Waals surface area contributed by atoms with Crippen LogP contribution < -0.4 is 0 Å². The fourth-order valence-electron chi connectivity index (χ4n) is 2.74. The number of rotatable bonds is 3. The van der Waals surface area contributed by atoms with E-state index < -0.39 is 17.6 Å². The Bertz CT molecular complexity index is 1080. The molecule has 0 spiro atoms. The maximum Gasteiger partial charge on any atom is 0.337 e. The largest absolute Gasteiger partial charge is 0.494 e. The normalized spacial score (nSPS) is 14.5. The molecule has 0 saturated heterocycles. The molecule has 0 saturated carbocycles. The van der Waals surface area contributed by atoms with Crippen molar-refractivity contribution < 1.29 is 23.8 Å². The second kappa shape index (κ2) is 7.87. The van der Waals surface area contributed by atoms with Gasteiger partial charge in [0, 0.05) is 17.5 Å². The molecule has 1 aliphatic rings. The molecule has 1 aromatic heterocycles. The number of nitrogens with one attached hydrogen (secondary N) is 1. The van der Waals surface area contributed by atoms with Crippen molar-refractivity contribution in [2.45, 2.75) is 6.92 Å². The number of hydrogen-bond donors (Lipinski definition) is 3. The van der Waals surface area contributed by atoms with E-state index in [2.05, 4.69) is 9.98 Å². The molecule has 0 fully saturated rings. The highest BCUT2D eigenvalue weighted by Gasteiger charge is 2.19. The first-order valence-corrected chi connectivity index (χ1v) is 8.28. The maximum absolute atomic E-state index is 14.3. The summed E-state index contributed by atoms with van der Waals surface area (Å²) in [5.74, 6) is -3.03.